The molecule has 2 fully saturated rings. The van der Waals surface area contributed by atoms with E-state index < -0.39 is 0 Å². The highest BCUT2D eigenvalue weighted by molar-refractivity contribution is 5.21. The maximum Gasteiger partial charge on any atom is 0.119 e. The van der Waals surface area contributed by atoms with E-state index in [1.54, 1.807) is 0 Å². The van der Waals surface area contributed by atoms with Crippen LogP contribution in [0.3, 0.4) is 0 Å². The summed E-state index contributed by atoms with van der Waals surface area (Å²) < 4.78 is 6.03. The number of para-hydroxylation sites is 1. The molecular weight excluding hydrogens is 250 g/mol. The molecule has 0 radical (unpaired) electrons. The predicted octanol–water partition coefficient (Wildman–Crippen LogP) is 2.83. The third-order valence-corrected chi connectivity index (χ3v) is 4.69. The predicted molar refractivity (Wildman–Crippen MR) is 79.9 cm³/mol. The molecule has 3 rings (SSSR count). The van der Waals surface area contributed by atoms with E-state index in [9.17, 15) is 5.11 Å². The number of aliphatic hydroxyl groups is 1. The number of likely N-dealkylation sites (tertiary alicyclic amines) is 1. The molecule has 3 heteroatoms. The van der Waals surface area contributed by atoms with E-state index in [1.807, 2.05) is 30.3 Å². The average molecular weight is 275 g/mol. The fourth-order valence-electron chi connectivity index (χ4n) is 3.53. The molecule has 1 aromatic carbocycles. The van der Waals surface area contributed by atoms with Gasteiger partial charge in [-0.05, 0) is 37.8 Å². The first-order valence-electron chi connectivity index (χ1n) is 7.97. The van der Waals surface area contributed by atoms with E-state index in [0.717, 1.165) is 44.5 Å². The Bertz CT molecular complexity index is 401. The molecule has 0 spiro atoms. The molecule has 1 saturated carbocycles. The zero-order chi connectivity index (χ0) is 13.8. The van der Waals surface area contributed by atoms with E-state index >= 15 is 0 Å². The molecule has 1 saturated heterocycles. The minimum Gasteiger partial charge on any atom is -0.490 e. The number of aliphatic hydroxyl groups excluding tert-OH is 1. The average Bonchev–Trinajstić information content (AvgIpc) is 2.50. The summed E-state index contributed by atoms with van der Waals surface area (Å²) in [4.78, 5) is 2.48. The van der Waals surface area contributed by atoms with Crippen LogP contribution in [0.25, 0.3) is 0 Å². The highest BCUT2D eigenvalue weighted by Gasteiger charge is 2.31. The van der Waals surface area contributed by atoms with Crippen molar-refractivity contribution in [1.29, 1.82) is 0 Å². The minimum absolute atomic E-state index is 0.115. The van der Waals surface area contributed by atoms with Gasteiger partial charge in [0.05, 0.1) is 6.10 Å². The van der Waals surface area contributed by atoms with Crippen LogP contribution in [0.5, 0.6) is 5.75 Å². The van der Waals surface area contributed by atoms with Crippen LogP contribution in [0.1, 0.15) is 38.5 Å². The third-order valence-electron chi connectivity index (χ3n) is 4.69. The Morgan fingerprint density at radius 1 is 0.950 bits per heavy atom. The van der Waals surface area contributed by atoms with E-state index in [0.29, 0.717) is 12.1 Å². The minimum atomic E-state index is -0.115. The number of hydrogen-bond donors (Lipinski definition) is 1. The molecule has 1 N–H and O–H groups in total. The van der Waals surface area contributed by atoms with Crippen LogP contribution in [0.2, 0.25) is 0 Å². The number of piperidine rings is 1. The molecule has 20 heavy (non-hydrogen) atoms. The van der Waals surface area contributed by atoms with Gasteiger partial charge >= 0.3 is 0 Å². The van der Waals surface area contributed by atoms with Crippen molar-refractivity contribution in [3.8, 4) is 5.75 Å². The first-order chi connectivity index (χ1) is 9.83. The summed E-state index contributed by atoms with van der Waals surface area (Å²) in [5.41, 5.74) is 0. The fourth-order valence-corrected chi connectivity index (χ4v) is 3.53. The molecule has 1 aliphatic carbocycles. The number of ether oxygens (including phenoxy) is 1. The molecule has 1 aromatic rings. The van der Waals surface area contributed by atoms with Gasteiger partial charge < -0.3 is 9.84 Å². The Morgan fingerprint density at radius 2 is 1.65 bits per heavy atom. The zero-order valence-electron chi connectivity index (χ0n) is 12.1. The molecule has 1 aliphatic heterocycles. The molecule has 3 nitrogen and oxygen atoms in total. The van der Waals surface area contributed by atoms with Crippen molar-refractivity contribution in [3.63, 3.8) is 0 Å². The van der Waals surface area contributed by atoms with Gasteiger partial charge in [-0.3, -0.25) is 4.90 Å². The normalized spacial score (nSPS) is 29.2. The van der Waals surface area contributed by atoms with Crippen LogP contribution in [0.4, 0.5) is 0 Å². The van der Waals surface area contributed by atoms with Gasteiger partial charge in [-0.1, -0.05) is 31.0 Å². The molecule has 2 atom stereocenters. The summed E-state index contributed by atoms with van der Waals surface area (Å²) in [5, 5.41) is 10.1. The maximum absolute atomic E-state index is 10.1. The largest absolute Gasteiger partial charge is 0.490 e. The second-order valence-corrected chi connectivity index (χ2v) is 6.09. The number of nitrogens with zero attached hydrogens (tertiary/aromatic N) is 1. The Kier molecular flexibility index (Phi) is 4.58. The summed E-state index contributed by atoms with van der Waals surface area (Å²) in [7, 11) is 0. The number of rotatable bonds is 3. The van der Waals surface area contributed by atoms with Gasteiger partial charge in [0.1, 0.15) is 11.9 Å². The summed E-state index contributed by atoms with van der Waals surface area (Å²) in [6, 6.07) is 10.5. The highest BCUT2D eigenvalue weighted by atomic mass is 16.5. The standard InChI is InChI=1S/C17H25NO2/c19-17-9-5-4-8-16(17)18-12-10-15(11-13-18)20-14-6-2-1-3-7-14/h1-3,6-7,15-17,19H,4-5,8-13H2. The van der Waals surface area contributed by atoms with Gasteiger partial charge in [0, 0.05) is 19.1 Å². The van der Waals surface area contributed by atoms with Crippen molar-refractivity contribution in [3.05, 3.63) is 30.3 Å². The van der Waals surface area contributed by atoms with E-state index in [1.165, 1.54) is 12.8 Å². The van der Waals surface area contributed by atoms with Gasteiger partial charge in [0.15, 0.2) is 0 Å². The van der Waals surface area contributed by atoms with Gasteiger partial charge in [0.2, 0.25) is 0 Å². The fraction of sp³-hybridized carbons (Fsp3) is 0.647. The molecule has 0 bridgehead atoms. The Balaban J connectivity index is 1.49. The smallest absolute Gasteiger partial charge is 0.119 e. The van der Waals surface area contributed by atoms with Crippen LogP contribution in [0.15, 0.2) is 30.3 Å². The number of benzene rings is 1. The first kappa shape index (κ1) is 13.9. The SMILES string of the molecule is OC1CCCCC1N1CCC(Oc2ccccc2)CC1. The summed E-state index contributed by atoms with van der Waals surface area (Å²) in [6.07, 6.45) is 6.94. The molecule has 0 aromatic heterocycles. The maximum atomic E-state index is 10.1. The summed E-state index contributed by atoms with van der Waals surface area (Å²) in [6.45, 7) is 2.11. The van der Waals surface area contributed by atoms with Crippen LogP contribution >= 0.6 is 0 Å². The van der Waals surface area contributed by atoms with Crippen molar-refractivity contribution < 1.29 is 9.84 Å². The molecule has 0 amide bonds. The Morgan fingerprint density at radius 3 is 2.35 bits per heavy atom. The van der Waals surface area contributed by atoms with E-state index in [2.05, 4.69) is 4.90 Å². The second-order valence-electron chi connectivity index (χ2n) is 6.09. The quantitative estimate of drug-likeness (QED) is 0.920. The lowest BCUT2D eigenvalue weighted by atomic mass is 9.90. The highest BCUT2D eigenvalue weighted by Crippen LogP contribution is 2.27. The number of hydrogen-bond acceptors (Lipinski definition) is 3. The van der Waals surface area contributed by atoms with Crippen molar-refractivity contribution in [2.75, 3.05) is 13.1 Å². The second kappa shape index (κ2) is 6.59. The molecule has 2 unspecified atom stereocenters. The molecular formula is C17H25NO2. The Hall–Kier alpha value is -1.06. The Labute approximate surface area is 121 Å². The summed E-state index contributed by atoms with van der Waals surface area (Å²) >= 11 is 0. The molecule has 110 valence electrons. The van der Waals surface area contributed by atoms with Gasteiger partial charge in [-0.15, -0.1) is 0 Å². The van der Waals surface area contributed by atoms with Gasteiger partial charge in [-0.2, -0.15) is 0 Å². The van der Waals surface area contributed by atoms with E-state index in [4.69, 9.17) is 4.74 Å². The third kappa shape index (κ3) is 3.33. The van der Waals surface area contributed by atoms with Crippen LogP contribution < -0.4 is 4.74 Å². The molecule has 2 aliphatic rings. The van der Waals surface area contributed by atoms with Crippen LogP contribution in [-0.4, -0.2) is 41.3 Å². The van der Waals surface area contributed by atoms with E-state index in [-0.39, 0.29) is 6.10 Å². The lowest BCUT2D eigenvalue weighted by Crippen LogP contribution is -2.50. The summed E-state index contributed by atoms with van der Waals surface area (Å²) in [5.74, 6) is 0.976. The lowest BCUT2D eigenvalue weighted by Gasteiger charge is -2.41. The van der Waals surface area contributed by atoms with Crippen molar-refractivity contribution in [1.82, 2.24) is 4.90 Å². The zero-order valence-corrected chi connectivity index (χ0v) is 12.1. The van der Waals surface area contributed by atoms with Gasteiger partial charge in [-0.25, -0.2) is 0 Å². The lowest BCUT2D eigenvalue weighted by molar-refractivity contribution is -0.00692. The molecule has 1 heterocycles. The monoisotopic (exact) mass is 275 g/mol. The topological polar surface area (TPSA) is 32.7 Å². The van der Waals surface area contributed by atoms with Gasteiger partial charge in [0.25, 0.3) is 0 Å². The van der Waals surface area contributed by atoms with Crippen LogP contribution in [0, 0.1) is 0 Å². The first-order valence-corrected chi connectivity index (χ1v) is 7.97. The van der Waals surface area contributed by atoms with Crippen molar-refractivity contribution >= 4 is 0 Å². The van der Waals surface area contributed by atoms with Crippen LogP contribution in [-0.2, 0) is 0 Å². The van der Waals surface area contributed by atoms with Crippen molar-refractivity contribution in [2.45, 2.75) is 56.8 Å². The van der Waals surface area contributed by atoms with Crippen molar-refractivity contribution in [2.24, 2.45) is 0 Å².